The highest BCUT2D eigenvalue weighted by atomic mass is 35.5. The fraction of sp³-hybridized carbons (Fsp3) is 0.516. The Kier molecular flexibility index (Phi) is 7.14. The molecule has 0 radical (unpaired) electrons. The number of carboxylic acid groups (broad SMARTS) is 1. The van der Waals surface area contributed by atoms with Crippen LogP contribution in [0.5, 0.6) is 11.5 Å². The number of amides is 2. The van der Waals surface area contributed by atoms with Gasteiger partial charge in [0.1, 0.15) is 12.2 Å². The van der Waals surface area contributed by atoms with Crippen LogP contribution in [0.15, 0.2) is 30.3 Å². The summed E-state index contributed by atoms with van der Waals surface area (Å²) < 4.78 is 18.2. The van der Waals surface area contributed by atoms with Crippen molar-refractivity contribution in [2.75, 3.05) is 24.8 Å². The summed E-state index contributed by atoms with van der Waals surface area (Å²) in [5, 5.41) is 10.1. The lowest BCUT2D eigenvalue weighted by molar-refractivity contribution is -0.149. The molecule has 4 aliphatic rings. The molecule has 4 heterocycles. The highest BCUT2D eigenvalue weighted by Gasteiger charge is 2.47. The van der Waals surface area contributed by atoms with E-state index in [4.69, 9.17) is 25.8 Å². The molecule has 9 nitrogen and oxygen atoms in total. The number of benzene rings is 2. The monoisotopic (exact) mass is 582 g/mol. The lowest BCUT2D eigenvalue weighted by Crippen LogP contribution is -2.54. The number of nitrogens with zero attached hydrogens (tertiary/aromatic N) is 2. The SMILES string of the molecule is CC(C)(C)[C@@H]1CCc2cc(Cl)cc3c2N1C(=O)[C@@H](CC(=O)N1CCCC(C(=O)O)C1)O[C@@H]3c1cccc2c1OCO2. The topological polar surface area (TPSA) is 106 Å². The van der Waals surface area contributed by atoms with Gasteiger partial charge in [-0.25, -0.2) is 0 Å². The van der Waals surface area contributed by atoms with Gasteiger partial charge in [0.05, 0.1) is 18.0 Å². The van der Waals surface area contributed by atoms with E-state index in [1.807, 2.05) is 35.2 Å². The maximum atomic E-state index is 14.5. The quantitative estimate of drug-likeness (QED) is 0.543. The molecule has 2 aromatic carbocycles. The van der Waals surface area contributed by atoms with Crippen molar-refractivity contribution >= 4 is 35.1 Å². The molecule has 41 heavy (non-hydrogen) atoms. The number of halogens is 1. The van der Waals surface area contributed by atoms with E-state index in [1.165, 1.54) is 0 Å². The highest BCUT2D eigenvalue weighted by molar-refractivity contribution is 6.31. The van der Waals surface area contributed by atoms with E-state index in [-0.39, 0.29) is 43.0 Å². The molecule has 1 unspecified atom stereocenters. The van der Waals surface area contributed by atoms with Crippen LogP contribution in [-0.2, 0) is 25.5 Å². The number of hydrogen-bond acceptors (Lipinski definition) is 6. The number of likely N-dealkylation sites (tertiary alicyclic amines) is 1. The zero-order chi connectivity index (χ0) is 29.1. The number of piperidine rings is 1. The molecule has 0 bridgehead atoms. The minimum absolute atomic E-state index is 0.0749. The molecular formula is C31H35ClN2O7. The van der Waals surface area contributed by atoms with E-state index in [1.54, 1.807) is 4.90 Å². The van der Waals surface area contributed by atoms with Crippen molar-refractivity contribution in [3.8, 4) is 11.5 Å². The molecule has 10 heteroatoms. The van der Waals surface area contributed by atoms with Crippen molar-refractivity contribution in [2.24, 2.45) is 11.3 Å². The number of carbonyl (C=O) groups is 3. The number of fused-ring (bicyclic) bond motifs is 1. The normalized spacial score (nSPS) is 25.5. The van der Waals surface area contributed by atoms with Gasteiger partial charge in [-0.2, -0.15) is 0 Å². The van der Waals surface area contributed by atoms with Crippen LogP contribution in [0.2, 0.25) is 5.02 Å². The van der Waals surface area contributed by atoms with Crippen LogP contribution in [-0.4, -0.2) is 59.8 Å². The number of hydrogen-bond donors (Lipinski definition) is 1. The molecule has 218 valence electrons. The Morgan fingerprint density at radius 2 is 1.93 bits per heavy atom. The number of para-hydroxylation sites is 1. The predicted octanol–water partition coefficient (Wildman–Crippen LogP) is 4.96. The Hall–Kier alpha value is -3.30. The number of anilines is 1. The van der Waals surface area contributed by atoms with Crippen LogP contribution >= 0.6 is 11.6 Å². The second-order valence-electron chi connectivity index (χ2n) is 12.4. The van der Waals surface area contributed by atoms with Gasteiger partial charge >= 0.3 is 5.97 Å². The van der Waals surface area contributed by atoms with Crippen molar-refractivity contribution < 1.29 is 33.7 Å². The summed E-state index contributed by atoms with van der Waals surface area (Å²) in [6.45, 7) is 7.01. The molecule has 0 spiro atoms. The van der Waals surface area contributed by atoms with Crippen molar-refractivity contribution in [2.45, 2.75) is 71.1 Å². The van der Waals surface area contributed by atoms with Crippen LogP contribution < -0.4 is 14.4 Å². The molecule has 4 atom stereocenters. The smallest absolute Gasteiger partial charge is 0.308 e. The van der Waals surface area contributed by atoms with Gasteiger partial charge in [0, 0.05) is 35.3 Å². The zero-order valence-corrected chi connectivity index (χ0v) is 24.3. The first kappa shape index (κ1) is 27.8. The summed E-state index contributed by atoms with van der Waals surface area (Å²) in [5.41, 5.74) is 2.94. The first-order valence-electron chi connectivity index (χ1n) is 14.2. The maximum absolute atomic E-state index is 14.5. The predicted molar refractivity (Wildman–Crippen MR) is 151 cm³/mol. The van der Waals surface area contributed by atoms with Crippen molar-refractivity contribution in [1.82, 2.24) is 4.90 Å². The third kappa shape index (κ3) is 5.03. The second-order valence-corrected chi connectivity index (χ2v) is 12.9. The van der Waals surface area contributed by atoms with Crippen LogP contribution in [0, 0.1) is 11.3 Å². The first-order chi connectivity index (χ1) is 19.5. The fourth-order valence-electron chi connectivity index (χ4n) is 6.70. The number of carbonyl (C=O) groups excluding carboxylic acids is 2. The fourth-order valence-corrected chi connectivity index (χ4v) is 6.95. The molecule has 2 amide bonds. The van der Waals surface area contributed by atoms with E-state index < -0.39 is 24.1 Å². The number of carboxylic acids is 1. The minimum atomic E-state index is -1.10. The molecule has 0 saturated carbocycles. The average Bonchev–Trinajstić information content (AvgIpc) is 3.38. The Bertz CT molecular complexity index is 1400. The molecule has 0 aromatic heterocycles. The van der Waals surface area contributed by atoms with E-state index in [2.05, 4.69) is 20.8 Å². The molecule has 0 aliphatic carbocycles. The molecule has 4 aliphatic heterocycles. The van der Waals surface area contributed by atoms with Gasteiger partial charge in [-0.3, -0.25) is 14.4 Å². The summed E-state index contributed by atoms with van der Waals surface area (Å²) in [5.74, 6) is -0.966. The number of ether oxygens (including phenoxy) is 3. The summed E-state index contributed by atoms with van der Waals surface area (Å²) in [4.78, 5) is 43.2. The number of aryl methyl sites for hydroxylation is 1. The Morgan fingerprint density at radius 1 is 1.12 bits per heavy atom. The van der Waals surface area contributed by atoms with Crippen LogP contribution in [0.4, 0.5) is 5.69 Å². The van der Waals surface area contributed by atoms with Crippen molar-refractivity contribution in [1.29, 1.82) is 0 Å². The lowest BCUT2D eigenvalue weighted by atomic mass is 9.78. The highest BCUT2D eigenvalue weighted by Crippen LogP contribution is 2.51. The lowest BCUT2D eigenvalue weighted by Gasteiger charge is -2.45. The van der Waals surface area contributed by atoms with E-state index in [0.29, 0.717) is 41.5 Å². The van der Waals surface area contributed by atoms with Gasteiger partial charge in [-0.15, -0.1) is 0 Å². The first-order valence-corrected chi connectivity index (χ1v) is 14.6. The van der Waals surface area contributed by atoms with E-state index in [9.17, 15) is 19.5 Å². The number of aliphatic carboxylic acids is 1. The van der Waals surface area contributed by atoms with Gasteiger partial charge in [-0.05, 0) is 54.9 Å². The van der Waals surface area contributed by atoms with Crippen LogP contribution in [0.3, 0.4) is 0 Å². The third-order valence-electron chi connectivity index (χ3n) is 8.71. The summed E-state index contributed by atoms with van der Waals surface area (Å²) in [6, 6.07) is 9.19. The van der Waals surface area contributed by atoms with Gasteiger partial charge < -0.3 is 29.1 Å². The third-order valence-corrected chi connectivity index (χ3v) is 8.93. The number of rotatable bonds is 4. The minimum Gasteiger partial charge on any atom is -0.481 e. The van der Waals surface area contributed by atoms with Gasteiger partial charge in [-0.1, -0.05) is 44.5 Å². The average molecular weight is 583 g/mol. The molecule has 1 N–H and O–H groups in total. The zero-order valence-electron chi connectivity index (χ0n) is 23.5. The Labute approximate surface area is 244 Å². The molecule has 1 saturated heterocycles. The van der Waals surface area contributed by atoms with Crippen LogP contribution in [0.1, 0.15) is 69.2 Å². The summed E-state index contributed by atoms with van der Waals surface area (Å²) >= 11 is 6.66. The molecule has 6 rings (SSSR count). The van der Waals surface area contributed by atoms with Crippen molar-refractivity contribution in [3.05, 3.63) is 52.0 Å². The standard InChI is InChI=1S/C31H35ClN2O7/c1-31(2,3)24-10-9-17-12-19(32)13-21-26(17)34(24)29(36)23(14-25(35)33-11-5-6-18(15-33)30(37)38)41-27(21)20-7-4-8-22-28(20)40-16-39-22/h4,7-8,12-13,18,23-24,27H,5-6,9-11,14-16H2,1-3H3,(H,37,38)/t18?,23-,24+,27-/m1/s1. The van der Waals surface area contributed by atoms with Gasteiger partial charge in [0.2, 0.25) is 12.7 Å². The van der Waals surface area contributed by atoms with Gasteiger partial charge in [0.15, 0.2) is 11.5 Å². The summed E-state index contributed by atoms with van der Waals surface area (Å²) in [6.07, 6.45) is 0.582. The molecule has 2 aromatic rings. The van der Waals surface area contributed by atoms with Crippen molar-refractivity contribution in [3.63, 3.8) is 0 Å². The summed E-state index contributed by atoms with van der Waals surface area (Å²) in [7, 11) is 0. The maximum Gasteiger partial charge on any atom is 0.308 e. The molecule has 1 fully saturated rings. The van der Waals surface area contributed by atoms with E-state index >= 15 is 0 Å². The Balaban J connectivity index is 1.45. The van der Waals surface area contributed by atoms with E-state index in [0.717, 1.165) is 29.7 Å². The Morgan fingerprint density at radius 3 is 2.68 bits per heavy atom. The second kappa shape index (κ2) is 10.5. The largest absolute Gasteiger partial charge is 0.481 e. The van der Waals surface area contributed by atoms with Crippen LogP contribution in [0.25, 0.3) is 0 Å². The molecular weight excluding hydrogens is 548 g/mol. The van der Waals surface area contributed by atoms with Gasteiger partial charge in [0.25, 0.3) is 5.91 Å².